The van der Waals surface area contributed by atoms with Crippen molar-refractivity contribution >= 4 is 23.0 Å². The average molecular weight is 392 g/mol. The number of rotatable bonds is 2. The molecule has 4 N–H and O–H groups in total. The summed E-state index contributed by atoms with van der Waals surface area (Å²) in [6.45, 7) is 7.25. The van der Waals surface area contributed by atoms with Crippen molar-refractivity contribution in [3.63, 3.8) is 0 Å². The number of nitrogens with zero attached hydrogens (tertiary/aromatic N) is 1. The Bertz CT molecular complexity index is 637. The number of aliphatic hydroxyl groups is 1. The van der Waals surface area contributed by atoms with E-state index in [2.05, 4.69) is 31.3 Å². The third-order valence-corrected chi connectivity index (χ3v) is 9.58. The highest BCUT2D eigenvalue weighted by molar-refractivity contribution is 7.80. The molecule has 4 rings (SSSR count). The van der Waals surface area contributed by atoms with Crippen molar-refractivity contribution in [2.45, 2.75) is 84.7 Å². The van der Waals surface area contributed by atoms with E-state index < -0.39 is 0 Å². The topological polar surface area (TPSA) is 70.6 Å². The Morgan fingerprint density at radius 2 is 1.74 bits per heavy atom. The molecule has 5 heteroatoms. The van der Waals surface area contributed by atoms with Gasteiger partial charge in [0, 0.05) is 11.6 Å². The van der Waals surface area contributed by atoms with Crippen LogP contribution in [0.1, 0.15) is 78.6 Å². The Balaban J connectivity index is 1.55. The largest absolute Gasteiger partial charge is 0.393 e. The van der Waals surface area contributed by atoms with Crippen molar-refractivity contribution < 1.29 is 5.11 Å². The van der Waals surface area contributed by atoms with Crippen LogP contribution in [0.2, 0.25) is 0 Å². The molecular formula is C22H37N3OS. The van der Waals surface area contributed by atoms with Gasteiger partial charge in [0.15, 0.2) is 5.11 Å². The number of nitrogens with two attached hydrogens (primary N) is 1. The number of aliphatic hydroxyl groups excluding tert-OH is 1. The van der Waals surface area contributed by atoms with Gasteiger partial charge in [0.25, 0.3) is 0 Å². The molecule has 0 aliphatic heterocycles. The number of hydrazone groups is 1. The van der Waals surface area contributed by atoms with E-state index >= 15 is 0 Å². The summed E-state index contributed by atoms with van der Waals surface area (Å²) in [4.78, 5) is 0. The summed E-state index contributed by atoms with van der Waals surface area (Å²) in [7, 11) is 0. The first kappa shape index (κ1) is 19.6. The van der Waals surface area contributed by atoms with Gasteiger partial charge in [-0.2, -0.15) is 5.10 Å². The van der Waals surface area contributed by atoms with Crippen molar-refractivity contribution in [2.24, 2.45) is 51.3 Å². The molecule has 0 heterocycles. The monoisotopic (exact) mass is 391 g/mol. The summed E-state index contributed by atoms with van der Waals surface area (Å²) in [5.41, 5.74) is 10.4. The molecule has 4 aliphatic carbocycles. The molecule has 0 aromatic heterocycles. The van der Waals surface area contributed by atoms with Gasteiger partial charge in [-0.1, -0.05) is 13.8 Å². The molecule has 0 aromatic carbocycles. The van der Waals surface area contributed by atoms with Crippen LogP contribution >= 0.6 is 12.2 Å². The van der Waals surface area contributed by atoms with Gasteiger partial charge in [-0.15, -0.1) is 0 Å². The molecule has 4 nitrogen and oxygen atoms in total. The summed E-state index contributed by atoms with van der Waals surface area (Å²) in [6.07, 6.45) is 11.2. The van der Waals surface area contributed by atoms with Gasteiger partial charge >= 0.3 is 0 Å². The second-order valence-electron chi connectivity index (χ2n) is 10.5. The zero-order valence-corrected chi connectivity index (χ0v) is 18.0. The molecule has 4 aliphatic rings. The van der Waals surface area contributed by atoms with Gasteiger partial charge in [0.2, 0.25) is 0 Å². The van der Waals surface area contributed by atoms with Crippen molar-refractivity contribution in [1.29, 1.82) is 0 Å². The predicted molar refractivity (Wildman–Crippen MR) is 114 cm³/mol. The highest BCUT2D eigenvalue weighted by atomic mass is 32.1. The third kappa shape index (κ3) is 3.13. The fourth-order valence-corrected chi connectivity index (χ4v) is 8.19. The first-order valence-electron chi connectivity index (χ1n) is 11.0. The zero-order valence-electron chi connectivity index (χ0n) is 17.2. The smallest absolute Gasteiger partial charge is 0.184 e. The van der Waals surface area contributed by atoms with Gasteiger partial charge in [0.05, 0.1) is 6.10 Å². The van der Waals surface area contributed by atoms with Crippen LogP contribution in [-0.2, 0) is 0 Å². The lowest BCUT2D eigenvalue weighted by Gasteiger charge is -2.61. The second kappa shape index (κ2) is 6.98. The van der Waals surface area contributed by atoms with Crippen molar-refractivity contribution in [2.75, 3.05) is 0 Å². The highest BCUT2D eigenvalue weighted by Gasteiger charge is 2.60. The SMILES string of the molecule is C/C(=N/NC(N)=S)[C@@H]1CC[C@@H]2[C@@H]3CC[C@H]4C[C@H](O)CC[C@]4(C)[C@H]3CC[C@@]21C. The lowest BCUT2D eigenvalue weighted by atomic mass is 9.44. The molecule has 0 radical (unpaired) electrons. The molecule has 0 spiro atoms. The molecular weight excluding hydrogens is 354 g/mol. The van der Waals surface area contributed by atoms with Crippen LogP contribution in [-0.4, -0.2) is 22.0 Å². The number of hydrogen-bond donors (Lipinski definition) is 3. The van der Waals surface area contributed by atoms with Gasteiger partial charge in [0.1, 0.15) is 0 Å². The second-order valence-corrected chi connectivity index (χ2v) is 10.9. The molecule has 0 amide bonds. The molecule has 0 aromatic rings. The summed E-state index contributed by atoms with van der Waals surface area (Å²) < 4.78 is 0. The first-order valence-corrected chi connectivity index (χ1v) is 11.4. The van der Waals surface area contributed by atoms with Crippen LogP contribution in [0.15, 0.2) is 5.10 Å². The van der Waals surface area contributed by atoms with E-state index in [9.17, 15) is 5.11 Å². The minimum absolute atomic E-state index is 0.0515. The zero-order chi connectivity index (χ0) is 19.4. The van der Waals surface area contributed by atoms with E-state index in [0.29, 0.717) is 16.7 Å². The lowest BCUT2D eigenvalue weighted by Crippen LogP contribution is -2.54. The highest BCUT2D eigenvalue weighted by Crippen LogP contribution is 2.67. The Hall–Kier alpha value is -0.680. The van der Waals surface area contributed by atoms with Crippen LogP contribution < -0.4 is 11.2 Å². The molecule has 8 atom stereocenters. The van der Waals surface area contributed by atoms with Gasteiger partial charge < -0.3 is 10.8 Å². The minimum Gasteiger partial charge on any atom is -0.393 e. The van der Waals surface area contributed by atoms with Crippen LogP contribution in [0, 0.1) is 40.4 Å². The molecule has 27 heavy (non-hydrogen) atoms. The molecule has 0 saturated heterocycles. The van der Waals surface area contributed by atoms with Crippen LogP contribution in [0.3, 0.4) is 0 Å². The minimum atomic E-state index is -0.0515. The van der Waals surface area contributed by atoms with Crippen LogP contribution in [0.5, 0.6) is 0 Å². The third-order valence-electron chi connectivity index (χ3n) is 9.48. The summed E-state index contributed by atoms with van der Waals surface area (Å²) >= 11 is 4.92. The molecule has 152 valence electrons. The number of hydrogen-bond acceptors (Lipinski definition) is 3. The predicted octanol–water partition coefficient (Wildman–Crippen LogP) is 4.22. The van der Waals surface area contributed by atoms with Crippen molar-refractivity contribution in [3.05, 3.63) is 0 Å². The first-order chi connectivity index (χ1) is 12.8. The lowest BCUT2D eigenvalue weighted by molar-refractivity contribution is -0.123. The van der Waals surface area contributed by atoms with E-state index in [0.717, 1.165) is 36.5 Å². The molecule has 4 saturated carbocycles. The fourth-order valence-electron chi connectivity index (χ4n) is 8.14. The maximum absolute atomic E-state index is 10.2. The normalized spacial score (nSPS) is 49.7. The number of nitrogens with one attached hydrogen (secondary N) is 1. The van der Waals surface area contributed by atoms with Crippen molar-refractivity contribution in [3.8, 4) is 0 Å². The number of thiocarbonyl (C=S) groups is 1. The molecule has 4 fully saturated rings. The van der Waals surface area contributed by atoms with E-state index in [1.165, 1.54) is 50.7 Å². The van der Waals surface area contributed by atoms with Crippen LogP contribution in [0.25, 0.3) is 0 Å². The maximum Gasteiger partial charge on any atom is 0.184 e. The Morgan fingerprint density at radius 1 is 1.04 bits per heavy atom. The van der Waals surface area contributed by atoms with E-state index in [-0.39, 0.29) is 11.2 Å². The summed E-state index contributed by atoms with van der Waals surface area (Å²) in [5.74, 6) is 3.82. The Labute approximate surface area is 169 Å². The quantitative estimate of drug-likeness (QED) is 0.374. The fraction of sp³-hybridized carbons (Fsp3) is 0.909. The average Bonchev–Trinajstić information content (AvgIpc) is 2.97. The van der Waals surface area contributed by atoms with E-state index in [1.54, 1.807) is 0 Å². The summed E-state index contributed by atoms with van der Waals surface area (Å²) in [6, 6.07) is 0. The van der Waals surface area contributed by atoms with E-state index in [4.69, 9.17) is 18.0 Å². The van der Waals surface area contributed by atoms with Gasteiger partial charge in [-0.3, -0.25) is 5.43 Å². The Morgan fingerprint density at radius 3 is 2.48 bits per heavy atom. The van der Waals surface area contributed by atoms with Crippen molar-refractivity contribution in [1.82, 2.24) is 5.43 Å². The van der Waals surface area contributed by atoms with E-state index in [1.807, 2.05) is 0 Å². The van der Waals surface area contributed by atoms with Gasteiger partial charge in [-0.25, -0.2) is 0 Å². The molecule has 0 bridgehead atoms. The summed E-state index contributed by atoms with van der Waals surface area (Å²) in [5, 5.41) is 15.0. The Kier molecular flexibility index (Phi) is 5.07. The standard InChI is InChI=1S/C22H37N3OS/c1-13(24-25-20(23)27)17-6-7-18-16-5-4-14-12-15(26)8-10-21(14,2)19(16)9-11-22(17,18)3/h14-19,26H,4-12H2,1-3H3,(H3,23,25,27)/b24-13-/t14-,15+,16-,17-,18+,19-,21-,22+/m0/s1. The van der Waals surface area contributed by atoms with Crippen LogP contribution in [0.4, 0.5) is 0 Å². The maximum atomic E-state index is 10.2. The molecule has 0 unspecified atom stereocenters. The van der Waals surface area contributed by atoms with Gasteiger partial charge in [-0.05, 0) is 111 Å². The number of fused-ring (bicyclic) bond motifs is 5.